The van der Waals surface area contributed by atoms with Crippen molar-refractivity contribution in [2.24, 2.45) is 0 Å². The van der Waals surface area contributed by atoms with Crippen molar-refractivity contribution >= 4 is 29.1 Å². The lowest BCUT2D eigenvalue weighted by molar-refractivity contribution is -0.116. The monoisotopic (exact) mass is 372 g/mol. The van der Waals surface area contributed by atoms with Crippen LogP contribution in [-0.2, 0) is 16.0 Å². The van der Waals surface area contributed by atoms with Gasteiger partial charge in [-0.3, -0.25) is 15.3 Å². The molecule has 0 bridgehead atoms. The van der Waals surface area contributed by atoms with E-state index in [1.54, 1.807) is 6.26 Å². The molecular weight excluding hydrogens is 352 g/mol. The minimum absolute atomic E-state index is 0.149. The van der Waals surface area contributed by atoms with Gasteiger partial charge in [-0.25, -0.2) is 4.68 Å². The number of aryl methyl sites for hydroxylation is 2. The normalized spacial score (nSPS) is 17.1. The molecule has 1 fully saturated rings. The number of hydrogen-bond acceptors (Lipinski definition) is 5. The second-order valence-corrected chi connectivity index (χ2v) is 6.97. The van der Waals surface area contributed by atoms with Crippen molar-refractivity contribution in [3.05, 3.63) is 45.7 Å². The third-order valence-corrected chi connectivity index (χ3v) is 5.12. The van der Waals surface area contributed by atoms with Crippen molar-refractivity contribution in [1.82, 2.24) is 14.9 Å². The van der Waals surface area contributed by atoms with Gasteiger partial charge in [-0.2, -0.15) is 5.10 Å². The summed E-state index contributed by atoms with van der Waals surface area (Å²) in [6.07, 6.45) is 3.52. The fourth-order valence-electron chi connectivity index (χ4n) is 3.28. The summed E-state index contributed by atoms with van der Waals surface area (Å²) >= 11 is 5.24. The quantitative estimate of drug-likeness (QED) is 0.685. The Balaban J connectivity index is 1.56. The summed E-state index contributed by atoms with van der Waals surface area (Å²) in [6.45, 7) is 4.75. The van der Waals surface area contributed by atoms with Crippen LogP contribution in [-0.4, -0.2) is 27.4 Å². The molecule has 1 atom stereocenters. The molecule has 0 radical (unpaired) electrons. The highest BCUT2D eigenvalue weighted by molar-refractivity contribution is 7.71. The number of nitrogens with one attached hydrogen (secondary N) is 2. The third kappa shape index (κ3) is 2.95. The predicted octanol–water partition coefficient (Wildman–Crippen LogP) is 3.47. The molecule has 0 saturated carbocycles. The van der Waals surface area contributed by atoms with Crippen LogP contribution in [0.4, 0.5) is 0 Å². The molecule has 3 aromatic rings. The van der Waals surface area contributed by atoms with E-state index in [2.05, 4.69) is 15.6 Å². The highest BCUT2D eigenvalue weighted by Gasteiger charge is 2.24. The van der Waals surface area contributed by atoms with Crippen LogP contribution in [0, 0.1) is 18.6 Å². The molecule has 1 aromatic carbocycles. The Labute approximate surface area is 155 Å². The average molecular weight is 372 g/mol. The van der Waals surface area contributed by atoms with Gasteiger partial charge in [0.1, 0.15) is 11.7 Å². The predicted molar refractivity (Wildman–Crippen MR) is 99.1 cm³/mol. The number of nitrogens with zero attached hydrogens (tertiary/aromatic N) is 2. The molecule has 1 saturated heterocycles. The fourth-order valence-corrected chi connectivity index (χ4v) is 3.46. The summed E-state index contributed by atoms with van der Waals surface area (Å²) in [5.74, 6) is 0.409. The van der Waals surface area contributed by atoms with Gasteiger partial charge in [0, 0.05) is 17.6 Å². The maximum absolute atomic E-state index is 12.6. The van der Waals surface area contributed by atoms with Crippen LogP contribution in [0.2, 0.25) is 0 Å². The van der Waals surface area contributed by atoms with Crippen molar-refractivity contribution < 1.29 is 13.9 Å². The van der Waals surface area contributed by atoms with Crippen LogP contribution in [0.15, 0.2) is 22.8 Å². The molecule has 3 heterocycles. The Morgan fingerprint density at radius 2 is 2.31 bits per heavy atom. The maximum atomic E-state index is 12.6. The van der Waals surface area contributed by atoms with Crippen molar-refractivity contribution in [3.8, 4) is 0 Å². The molecule has 1 aliphatic rings. The first kappa shape index (κ1) is 17.0. The molecule has 1 unspecified atom stereocenters. The standard InChI is InChI=1S/C18H20N4O3S/c1-10-5-6-13-12(9-25-16(13)11(10)2)8-15(23)21-22-17(19-20-18(22)26)14-4-3-7-24-14/h5-6,9,14H,3-4,7-8H2,1-2H3,(H,20,26)(H,21,23). The number of aromatic nitrogens is 3. The maximum Gasteiger partial charge on any atom is 0.243 e. The zero-order chi connectivity index (χ0) is 18.3. The third-order valence-electron chi connectivity index (χ3n) is 4.85. The number of rotatable bonds is 4. The number of furan rings is 1. The summed E-state index contributed by atoms with van der Waals surface area (Å²) in [6, 6.07) is 4.03. The number of ether oxygens (including phenoxy) is 1. The van der Waals surface area contributed by atoms with Gasteiger partial charge in [0.25, 0.3) is 0 Å². The Bertz CT molecular complexity index is 1030. The summed E-state index contributed by atoms with van der Waals surface area (Å²) in [7, 11) is 0. The van der Waals surface area contributed by atoms with Crippen molar-refractivity contribution in [1.29, 1.82) is 0 Å². The molecule has 4 rings (SSSR count). The molecule has 2 aromatic heterocycles. The SMILES string of the molecule is Cc1ccc2c(CC(=O)Nn3c(C4CCCO4)n[nH]c3=S)coc2c1C. The second kappa shape index (κ2) is 6.69. The molecule has 1 amide bonds. The van der Waals surface area contributed by atoms with Gasteiger partial charge < -0.3 is 9.15 Å². The number of carbonyl (C=O) groups is 1. The molecule has 26 heavy (non-hydrogen) atoms. The lowest BCUT2D eigenvalue weighted by Crippen LogP contribution is -2.27. The number of hydrogen-bond donors (Lipinski definition) is 2. The Morgan fingerprint density at radius 3 is 3.08 bits per heavy atom. The Kier molecular flexibility index (Phi) is 4.37. The number of amides is 1. The highest BCUT2D eigenvalue weighted by atomic mass is 32.1. The minimum atomic E-state index is -0.192. The van der Waals surface area contributed by atoms with Crippen molar-refractivity contribution in [3.63, 3.8) is 0 Å². The van der Waals surface area contributed by atoms with E-state index >= 15 is 0 Å². The molecule has 2 N–H and O–H groups in total. The zero-order valence-corrected chi connectivity index (χ0v) is 15.5. The molecule has 8 heteroatoms. The molecule has 1 aliphatic heterocycles. The number of benzene rings is 1. The van der Waals surface area contributed by atoms with Gasteiger partial charge in [0.2, 0.25) is 10.7 Å². The van der Waals surface area contributed by atoms with Crippen LogP contribution in [0.3, 0.4) is 0 Å². The topological polar surface area (TPSA) is 85.1 Å². The van der Waals surface area contributed by atoms with Crippen LogP contribution in [0.1, 0.15) is 41.5 Å². The van der Waals surface area contributed by atoms with E-state index in [0.717, 1.165) is 40.5 Å². The molecule has 0 aliphatic carbocycles. The van der Waals surface area contributed by atoms with E-state index in [4.69, 9.17) is 21.4 Å². The second-order valence-electron chi connectivity index (χ2n) is 6.58. The summed E-state index contributed by atoms with van der Waals surface area (Å²) in [5.41, 5.74) is 6.74. The molecule has 7 nitrogen and oxygen atoms in total. The minimum Gasteiger partial charge on any atom is -0.464 e. The van der Waals surface area contributed by atoms with Gasteiger partial charge in [0.15, 0.2) is 5.82 Å². The van der Waals surface area contributed by atoms with Gasteiger partial charge in [-0.1, -0.05) is 12.1 Å². The first-order valence-electron chi connectivity index (χ1n) is 8.59. The Morgan fingerprint density at radius 1 is 1.46 bits per heavy atom. The lowest BCUT2D eigenvalue weighted by atomic mass is 10.0. The highest BCUT2D eigenvalue weighted by Crippen LogP contribution is 2.28. The van der Waals surface area contributed by atoms with Gasteiger partial charge >= 0.3 is 0 Å². The van der Waals surface area contributed by atoms with Crippen LogP contribution in [0.5, 0.6) is 0 Å². The number of fused-ring (bicyclic) bond motifs is 1. The van der Waals surface area contributed by atoms with E-state index in [-0.39, 0.29) is 18.4 Å². The van der Waals surface area contributed by atoms with Crippen LogP contribution >= 0.6 is 12.2 Å². The van der Waals surface area contributed by atoms with Crippen LogP contribution < -0.4 is 5.43 Å². The van der Waals surface area contributed by atoms with E-state index < -0.39 is 0 Å². The number of aromatic amines is 1. The van der Waals surface area contributed by atoms with Crippen molar-refractivity contribution in [2.75, 3.05) is 12.0 Å². The van der Waals surface area contributed by atoms with Crippen molar-refractivity contribution in [2.45, 2.75) is 39.2 Å². The Hall–Kier alpha value is -2.45. The lowest BCUT2D eigenvalue weighted by Gasteiger charge is -2.12. The zero-order valence-electron chi connectivity index (χ0n) is 14.7. The fraction of sp³-hybridized carbons (Fsp3) is 0.389. The first-order valence-corrected chi connectivity index (χ1v) is 9.00. The van der Waals surface area contributed by atoms with E-state index in [9.17, 15) is 4.79 Å². The first-order chi connectivity index (χ1) is 12.5. The average Bonchev–Trinajstić information content (AvgIpc) is 3.33. The van der Waals surface area contributed by atoms with Crippen LogP contribution in [0.25, 0.3) is 11.0 Å². The van der Waals surface area contributed by atoms with E-state index in [1.807, 2.05) is 26.0 Å². The smallest absolute Gasteiger partial charge is 0.243 e. The van der Waals surface area contributed by atoms with E-state index in [1.165, 1.54) is 4.68 Å². The van der Waals surface area contributed by atoms with Gasteiger partial charge in [0.05, 0.1) is 12.7 Å². The molecule has 0 spiro atoms. The summed E-state index contributed by atoms with van der Waals surface area (Å²) < 4.78 is 13.2. The van der Waals surface area contributed by atoms with Gasteiger partial charge in [-0.15, -0.1) is 0 Å². The number of carbonyl (C=O) groups excluding carboxylic acids is 1. The number of H-pyrrole nitrogens is 1. The summed E-state index contributed by atoms with van der Waals surface area (Å²) in [4.78, 5) is 12.6. The molecule has 136 valence electrons. The molecular formula is C18H20N4O3S. The largest absolute Gasteiger partial charge is 0.464 e. The van der Waals surface area contributed by atoms with Gasteiger partial charge in [-0.05, 0) is 50.0 Å². The summed E-state index contributed by atoms with van der Waals surface area (Å²) in [5, 5.41) is 7.89. The van der Waals surface area contributed by atoms with E-state index in [0.29, 0.717) is 17.2 Å².